The molecule has 1 aliphatic rings. The summed E-state index contributed by atoms with van der Waals surface area (Å²) in [5.74, 6) is -0.136. The number of aliphatic hydroxyl groups is 5. The van der Waals surface area contributed by atoms with E-state index in [0.29, 0.717) is 12.8 Å². The predicted molar refractivity (Wildman–Crippen MR) is 337 cm³/mol. The lowest BCUT2D eigenvalue weighted by Gasteiger charge is -2.40. The smallest absolute Gasteiger partial charge is 0.220 e. The second-order valence-corrected chi connectivity index (χ2v) is 25.0. The van der Waals surface area contributed by atoms with Crippen LogP contribution in [0.3, 0.4) is 0 Å². The molecule has 1 saturated heterocycles. The summed E-state index contributed by atoms with van der Waals surface area (Å²) in [7, 11) is 0. The zero-order valence-corrected chi connectivity index (χ0v) is 52.7. The Balaban J connectivity index is 2.02. The third-order valence-corrected chi connectivity index (χ3v) is 17.4. The monoisotopic (exact) mass is 1120 g/mol. The van der Waals surface area contributed by atoms with Crippen molar-refractivity contribution in [1.82, 2.24) is 5.32 Å². The van der Waals surface area contributed by atoms with Gasteiger partial charge in [0.25, 0.3) is 0 Å². The van der Waals surface area contributed by atoms with E-state index in [1.54, 1.807) is 0 Å². The first-order chi connectivity index (χ1) is 38.8. The van der Waals surface area contributed by atoms with E-state index >= 15 is 0 Å². The number of amides is 1. The van der Waals surface area contributed by atoms with Gasteiger partial charge in [-0.05, 0) is 38.5 Å². The van der Waals surface area contributed by atoms with Crippen molar-refractivity contribution in [2.45, 2.75) is 416 Å². The minimum Gasteiger partial charge on any atom is -0.394 e. The second kappa shape index (κ2) is 60.1. The molecule has 0 spiro atoms. The Labute approximate surface area is 490 Å². The van der Waals surface area contributed by atoms with Gasteiger partial charge < -0.3 is 40.3 Å². The highest BCUT2D eigenvalue weighted by Crippen LogP contribution is 2.24. The molecule has 1 heterocycles. The van der Waals surface area contributed by atoms with Gasteiger partial charge in [-0.25, -0.2) is 0 Å². The maximum absolute atomic E-state index is 13.1. The third kappa shape index (κ3) is 49.0. The van der Waals surface area contributed by atoms with Crippen LogP contribution in [0.2, 0.25) is 0 Å². The maximum atomic E-state index is 13.1. The van der Waals surface area contributed by atoms with Gasteiger partial charge in [-0.15, -0.1) is 0 Å². The summed E-state index contributed by atoms with van der Waals surface area (Å²) >= 11 is 0. The number of nitrogens with one attached hydrogen (secondary N) is 1. The van der Waals surface area contributed by atoms with Gasteiger partial charge in [0.05, 0.1) is 25.4 Å². The molecule has 1 rings (SSSR count). The molecular weight excluding hydrogens is 983 g/mol. The molecule has 0 aliphatic carbocycles. The van der Waals surface area contributed by atoms with Crippen molar-refractivity contribution in [2.75, 3.05) is 13.2 Å². The SMILES string of the molecule is CCCCCCCCCCCCCCCCCCCC/C=C\CCCCCCCCCCCCCCCCCCCC(=O)NC(COC1OC(CO)C(O)C(O)C1O)C(O)CCCCCCCCCCCCCCCCCCC. The van der Waals surface area contributed by atoms with Crippen molar-refractivity contribution in [3.8, 4) is 0 Å². The average Bonchev–Trinajstić information content (AvgIpc) is 3.48. The van der Waals surface area contributed by atoms with E-state index in [2.05, 4.69) is 31.3 Å². The summed E-state index contributed by atoms with van der Waals surface area (Å²) in [5, 5.41) is 54.8. The summed E-state index contributed by atoms with van der Waals surface area (Å²) in [5.41, 5.74) is 0. The number of allylic oxidation sites excluding steroid dienone is 2. The molecule has 0 bridgehead atoms. The van der Waals surface area contributed by atoms with E-state index in [-0.39, 0.29) is 12.5 Å². The van der Waals surface area contributed by atoms with E-state index < -0.39 is 49.5 Å². The van der Waals surface area contributed by atoms with Crippen LogP contribution in [0.5, 0.6) is 0 Å². The Hall–Kier alpha value is -1.07. The number of unbranched alkanes of at least 4 members (excludes halogenated alkanes) is 51. The van der Waals surface area contributed by atoms with Crippen LogP contribution in [0.1, 0.15) is 373 Å². The quantitative estimate of drug-likeness (QED) is 0.0261. The molecule has 470 valence electrons. The van der Waals surface area contributed by atoms with Crippen LogP contribution < -0.4 is 5.32 Å². The Morgan fingerprint density at radius 1 is 0.418 bits per heavy atom. The minimum atomic E-state index is -1.55. The molecular formula is C70H137NO8. The molecule has 0 aromatic carbocycles. The van der Waals surface area contributed by atoms with Crippen molar-refractivity contribution < 1.29 is 39.8 Å². The van der Waals surface area contributed by atoms with Crippen molar-refractivity contribution in [1.29, 1.82) is 0 Å². The molecule has 1 aliphatic heterocycles. The van der Waals surface area contributed by atoms with Crippen LogP contribution in [-0.2, 0) is 14.3 Å². The van der Waals surface area contributed by atoms with Crippen LogP contribution in [0.15, 0.2) is 12.2 Å². The Kier molecular flexibility index (Phi) is 57.7. The van der Waals surface area contributed by atoms with Crippen molar-refractivity contribution in [3.05, 3.63) is 12.2 Å². The van der Waals surface area contributed by atoms with E-state index in [0.717, 1.165) is 38.5 Å². The van der Waals surface area contributed by atoms with E-state index in [9.17, 15) is 30.3 Å². The lowest BCUT2D eigenvalue weighted by Crippen LogP contribution is -2.60. The molecule has 79 heavy (non-hydrogen) atoms. The highest BCUT2D eigenvalue weighted by molar-refractivity contribution is 5.76. The van der Waals surface area contributed by atoms with Gasteiger partial charge >= 0.3 is 0 Å². The highest BCUT2D eigenvalue weighted by atomic mass is 16.7. The Bertz CT molecular complexity index is 1250. The van der Waals surface area contributed by atoms with Crippen LogP contribution in [0, 0.1) is 0 Å². The number of ether oxygens (including phenoxy) is 2. The van der Waals surface area contributed by atoms with E-state index in [1.165, 1.54) is 308 Å². The topological polar surface area (TPSA) is 149 Å². The van der Waals surface area contributed by atoms with Crippen molar-refractivity contribution >= 4 is 5.91 Å². The maximum Gasteiger partial charge on any atom is 0.220 e. The standard InChI is InChI=1S/C70H137NO8/c1-3-5-7-9-11-13-15-17-19-21-22-23-24-25-26-27-28-29-30-31-32-33-34-35-36-37-38-39-40-41-42-44-46-48-50-52-54-56-58-60-66(74)71-63(62-78-70-69(77)68(76)67(75)65(61-72)79-70)64(73)59-57-55-53-51-49-47-45-43-20-18-16-14-12-10-8-6-4-2/h31-32,63-65,67-70,72-73,75-77H,3-30,33-62H2,1-2H3,(H,71,74)/b32-31-. The molecule has 9 nitrogen and oxygen atoms in total. The van der Waals surface area contributed by atoms with Gasteiger partial charge in [0.2, 0.25) is 5.91 Å². The van der Waals surface area contributed by atoms with Crippen LogP contribution in [-0.4, -0.2) is 87.5 Å². The first-order valence-electron chi connectivity index (χ1n) is 35.4. The first kappa shape index (κ1) is 75.9. The van der Waals surface area contributed by atoms with E-state index in [1.807, 2.05) is 0 Å². The largest absolute Gasteiger partial charge is 0.394 e. The zero-order valence-electron chi connectivity index (χ0n) is 52.7. The summed E-state index contributed by atoms with van der Waals surface area (Å²) in [6.45, 7) is 3.89. The lowest BCUT2D eigenvalue weighted by molar-refractivity contribution is -0.302. The van der Waals surface area contributed by atoms with Crippen LogP contribution >= 0.6 is 0 Å². The molecule has 0 radical (unpaired) electrons. The molecule has 9 heteroatoms. The number of aliphatic hydroxyl groups excluding tert-OH is 5. The van der Waals surface area contributed by atoms with Crippen molar-refractivity contribution in [2.24, 2.45) is 0 Å². The molecule has 7 atom stereocenters. The lowest BCUT2D eigenvalue weighted by atomic mass is 9.99. The second-order valence-electron chi connectivity index (χ2n) is 25.0. The summed E-state index contributed by atoms with van der Waals surface area (Å²) in [6, 6.07) is -0.716. The number of carbonyl (C=O) groups excluding carboxylic acids is 1. The average molecular weight is 1120 g/mol. The minimum absolute atomic E-state index is 0.132. The molecule has 7 unspecified atom stereocenters. The summed E-state index contributed by atoms with van der Waals surface area (Å²) in [4.78, 5) is 13.1. The molecule has 0 aromatic rings. The Morgan fingerprint density at radius 3 is 1.03 bits per heavy atom. The molecule has 0 saturated carbocycles. The first-order valence-corrected chi connectivity index (χ1v) is 35.4. The van der Waals surface area contributed by atoms with Crippen LogP contribution in [0.25, 0.3) is 0 Å². The third-order valence-electron chi connectivity index (χ3n) is 17.4. The zero-order chi connectivity index (χ0) is 57.2. The van der Waals surface area contributed by atoms with Gasteiger partial charge in [-0.2, -0.15) is 0 Å². The van der Waals surface area contributed by atoms with E-state index in [4.69, 9.17) is 9.47 Å². The summed E-state index contributed by atoms with van der Waals surface area (Å²) in [6.07, 6.45) is 70.2. The summed E-state index contributed by atoms with van der Waals surface area (Å²) < 4.78 is 11.4. The number of hydrogen-bond acceptors (Lipinski definition) is 8. The number of hydrogen-bond donors (Lipinski definition) is 6. The fourth-order valence-electron chi connectivity index (χ4n) is 11.8. The molecule has 1 fully saturated rings. The van der Waals surface area contributed by atoms with Gasteiger partial charge in [0, 0.05) is 6.42 Å². The van der Waals surface area contributed by atoms with Crippen molar-refractivity contribution in [3.63, 3.8) is 0 Å². The van der Waals surface area contributed by atoms with Gasteiger partial charge in [0.15, 0.2) is 6.29 Å². The number of rotatable bonds is 63. The van der Waals surface area contributed by atoms with Crippen LogP contribution in [0.4, 0.5) is 0 Å². The molecule has 0 aromatic heterocycles. The molecule has 1 amide bonds. The number of carbonyl (C=O) groups is 1. The normalized spacial score (nSPS) is 18.5. The van der Waals surface area contributed by atoms with Gasteiger partial charge in [-0.1, -0.05) is 341 Å². The molecule has 6 N–H and O–H groups in total. The van der Waals surface area contributed by atoms with Gasteiger partial charge in [-0.3, -0.25) is 4.79 Å². The fraction of sp³-hybridized carbons (Fsp3) is 0.957. The predicted octanol–water partition coefficient (Wildman–Crippen LogP) is 19.1. The highest BCUT2D eigenvalue weighted by Gasteiger charge is 2.44. The fourth-order valence-corrected chi connectivity index (χ4v) is 11.8. The van der Waals surface area contributed by atoms with Gasteiger partial charge in [0.1, 0.15) is 24.4 Å². The Morgan fingerprint density at radius 2 is 0.709 bits per heavy atom.